The first kappa shape index (κ1) is 23.7. The molecule has 0 amide bonds. The molecule has 0 aromatic heterocycles. The van der Waals surface area contributed by atoms with Crippen molar-refractivity contribution in [1.82, 2.24) is 0 Å². The number of hydrogen-bond acceptors (Lipinski definition) is 0. The third-order valence-corrected chi connectivity index (χ3v) is 7.00. The molecular formula is C29H38F2. The van der Waals surface area contributed by atoms with Crippen molar-refractivity contribution in [3.8, 4) is 0 Å². The molecule has 0 nitrogen and oxygen atoms in total. The first-order chi connectivity index (χ1) is 15.1. The predicted molar refractivity (Wildman–Crippen MR) is 129 cm³/mol. The Morgan fingerprint density at radius 1 is 0.774 bits per heavy atom. The van der Waals surface area contributed by atoms with E-state index < -0.39 is 11.7 Å². The van der Waals surface area contributed by atoms with Crippen LogP contribution in [0, 0.1) is 0 Å². The topological polar surface area (TPSA) is 0 Å². The molecule has 0 aliphatic heterocycles. The van der Waals surface area contributed by atoms with Crippen LogP contribution in [0.15, 0.2) is 54.4 Å². The van der Waals surface area contributed by atoms with Crippen LogP contribution in [-0.4, -0.2) is 0 Å². The smallest absolute Gasteiger partial charge is 0.161 e. The van der Waals surface area contributed by atoms with Crippen molar-refractivity contribution >= 4 is 5.83 Å². The zero-order valence-electron chi connectivity index (χ0n) is 19.4. The molecule has 2 aromatic rings. The van der Waals surface area contributed by atoms with Gasteiger partial charge < -0.3 is 0 Å². The van der Waals surface area contributed by atoms with Crippen LogP contribution < -0.4 is 0 Å². The molecule has 31 heavy (non-hydrogen) atoms. The highest BCUT2D eigenvalue weighted by molar-refractivity contribution is 5.61. The summed E-state index contributed by atoms with van der Waals surface area (Å²) in [6, 6.07) is 16.6. The average Bonchev–Trinajstić information content (AvgIpc) is 2.82. The van der Waals surface area contributed by atoms with Gasteiger partial charge in [0.2, 0.25) is 0 Å². The molecule has 168 valence electrons. The molecule has 1 saturated carbocycles. The molecule has 0 heterocycles. The van der Waals surface area contributed by atoms with Crippen LogP contribution in [0.1, 0.15) is 100 Å². The van der Waals surface area contributed by atoms with Crippen LogP contribution in [-0.2, 0) is 18.3 Å². The van der Waals surface area contributed by atoms with E-state index in [2.05, 4.69) is 31.2 Å². The fourth-order valence-corrected chi connectivity index (χ4v) is 5.04. The van der Waals surface area contributed by atoms with Crippen molar-refractivity contribution < 1.29 is 8.78 Å². The Hall–Kier alpha value is -1.96. The van der Waals surface area contributed by atoms with E-state index in [0.29, 0.717) is 17.4 Å². The Labute approximate surface area is 187 Å². The lowest BCUT2D eigenvalue weighted by molar-refractivity contribution is 0.267. The van der Waals surface area contributed by atoms with Gasteiger partial charge >= 0.3 is 0 Å². The van der Waals surface area contributed by atoms with Crippen molar-refractivity contribution in [3.05, 3.63) is 76.6 Å². The standard InChI is InChI=1S/C29H38F2/c1-3-5-20-29(21-7-6-8-22-29)26-18-14-24(15-19-26)11-10-23-12-16-25(17-13-23)28(31)27(30)9-4-2/h12-19H,3-11,20-22H2,1-2H3/b28-27+. The minimum atomic E-state index is -0.719. The lowest BCUT2D eigenvalue weighted by Gasteiger charge is -2.38. The molecule has 2 heteroatoms. The molecule has 0 spiro atoms. The average molecular weight is 425 g/mol. The number of aryl methyl sites for hydroxylation is 2. The molecule has 3 rings (SSSR count). The fourth-order valence-electron chi connectivity index (χ4n) is 5.04. The second-order valence-electron chi connectivity index (χ2n) is 9.31. The second kappa shape index (κ2) is 11.6. The number of unbranched alkanes of at least 4 members (excludes halogenated alkanes) is 1. The van der Waals surface area contributed by atoms with Gasteiger partial charge in [-0.15, -0.1) is 0 Å². The van der Waals surface area contributed by atoms with Gasteiger partial charge in [0, 0.05) is 12.0 Å². The minimum Gasteiger partial charge on any atom is -0.209 e. The van der Waals surface area contributed by atoms with Gasteiger partial charge in [-0.05, 0) is 60.6 Å². The molecule has 0 N–H and O–H groups in total. The lowest BCUT2D eigenvalue weighted by Crippen LogP contribution is -2.29. The van der Waals surface area contributed by atoms with Crippen LogP contribution in [0.4, 0.5) is 8.78 Å². The van der Waals surface area contributed by atoms with Crippen molar-refractivity contribution in [2.45, 2.75) is 96.3 Å². The van der Waals surface area contributed by atoms with Crippen LogP contribution in [0.5, 0.6) is 0 Å². The summed E-state index contributed by atoms with van der Waals surface area (Å²) in [4.78, 5) is 0. The SMILES string of the molecule is CCCCC1(c2ccc(CCc3ccc(/C(F)=C(\F)CCC)cc3)cc2)CCCCC1. The summed E-state index contributed by atoms with van der Waals surface area (Å²) in [5.74, 6) is -1.37. The maximum atomic E-state index is 14.1. The van der Waals surface area contributed by atoms with Gasteiger partial charge in [-0.3, -0.25) is 0 Å². The van der Waals surface area contributed by atoms with Gasteiger partial charge in [-0.25, -0.2) is 8.78 Å². The summed E-state index contributed by atoms with van der Waals surface area (Å²) in [7, 11) is 0. The third-order valence-electron chi connectivity index (χ3n) is 7.00. The molecule has 1 fully saturated rings. The lowest BCUT2D eigenvalue weighted by atomic mass is 9.66. The Morgan fingerprint density at radius 2 is 1.35 bits per heavy atom. The highest BCUT2D eigenvalue weighted by Gasteiger charge is 2.32. The molecular weight excluding hydrogens is 386 g/mol. The number of rotatable bonds is 10. The Morgan fingerprint density at radius 3 is 1.90 bits per heavy atom. The van der Waals surface area contributed by atoms with E-state index in [4.69, 9.17) is 0 Å². The maximum absolute atomic E-state index is 14.1. The van der Waals surface area contributed by atoms with Gasteiger partial charge in [0.15, 0.2) is 5.83 Å². The summed E-state index contributed by atoms with van der Waals surface area (Å²) in [5.41, 5.74) is 4.76. The van der Waals surface area contributed by atoms with E-state index in [1.54, 1.807) is 12.1 Å². The molecule has 2 aromatic carbocycles. The Kier molecular flexibility index (Phi) is 8.87. The molecule has 0 radical (unpaired) electrons. The van der Waals surface area contributed by atoms with Gasteiger partial charge in [-0.2, -0.15) is 0 Å². The number of halogens is 2. The number of benzene rings is 2. The summed E-state index contributed by atoms with van der Waals surface area (Å²) in [5, 5.41) is 0. The molecule has 1 aliphatic carbocycles. The zero-order chi connectivity index (χ0) is 22.1. The van der Waals surface area contributed by atoms with E-state index >= 15 is 0 Å². The van der Waals surface area contributed by atoms with Crippen LogP contribution in [0.2, 0.25) is 0 Å². The molecule has 0 bridgehead atoms. The fraction of sp³-hybridized carbons (Fsp3) is 0.517. The van der Waals surface area contributed by atoms with Gasteiger partial charge in [0.05, 0.1) is 0 Å². The summed E-state index contributed by atoms with van der Waals surface area (Å²) < 4.78 is 27.8. The summed E-state index contributed by atoms with van der Waals surface area (Å²) in [6.07, 6.45) is 13.3. The van der Waals surface area contributed by atoms with E-state index in [1.165, 1.54) is 62.5 Å². The maximum Gasteiger partial charge on any atom is 0.161 e. The zero-order valence-corrected chi connectivity index (χ0v) is 19.4. The van der Waals surface area contributed by atoms with E-state index in [1.807, 2.05) is 19.1 Å². The highest BCUT2D eigenvalue weighted by atomic mass is 19.2. The quantitative estimate of drug-likeness (QED) is 0.356. The Balaban J connectivity index is 1.62. The van der Waals surface area contributed by atoms with Crippen molar-refractivity contribution in [2.75, 3.05) is 0 Å². The minimum absolute atomic E-state index is 0.156. The highest BCUT2D eigenvalue weighted by Crippen LogP contribution is 2.43. The van der Waals surface area contributed by atoms with E-state index in [9.17, 15) is 8.78 Å². The van der Waals surface area contributed by atoms with Crippen LogP contribution in [0.3, 0.4) is 0 Å². The van der Waals surface area contributed by atoms with E-state index in [-0.39, 0.29) is 6.42 Å². The molecule has 0 atom stereocenters. The van der Waals surface area contributed by atoms with Crippen molar-refractivity contribution in [1.29, 1.82) is 0 Å². The van der Waals surface area contributed by atoms with Crippen molar-refractivity contribution in [2.24, 2.45) is 0 Å². The van der Waals surface area contributed by atoms with Gasteiger partial charge in [-0.1, -0.05) is 94.5 Å². The normalized spacial score (nSPS) is 16.8. The molecule has 0 unspecified atom stereocenters. The first-order valence-corrected chi connectivity index (χ1v) is 12.3. The first-order valence-electron chi connectivity index (χ1n) is 12.3. The predicted octanol–water partition coefficient (Wildman–Crippen LogP) is 9.27. The Bertz CT molecular complexity index is 824. The number of hydrogen-bond donors (Lipinski definition) is 0. The largest absolute Gasteiger partial charge is 0.209 e. The summed E-state index contributed by atoms with van der Waals surface area (Å²) in [6.45, 7) is 4.14. The monoisotopic (exact) mass is 424 g/mol. The van der Waals surface area contributed by atoms with Crippen molar-refractivity contribution in [3.63, 3.8) is 0 Å². The van der Waals surface area contributed by atoms with Gasteiger partial charge in [0.1, 0.15) is 5.83 Å². The molecule has 0 saturated heterocycles. The second-order valence-corrected chi connectivity index (χ2v) is 9.31. The van der Waals surface area contributed by atoms with Crippen LogP contribution >= 0.6 is 0 Å². The summed E-state index contributed by atoms with van der Waals surface area (Å²) >= 11 is 0. The molecule has 1 aliphatic rings. The van der Waals surface area contributed by atoms with E-state index in [0.717, 1.165) is 18.4 Å². The van der Waals surface area contributed by atoms with Gasteiger partial charge in [0.25, 0.3) is 0 Å². The van der Waals surface area contributed by atoms with Crippen LogP contribution in [0.25, 0.3) is 5.83 Å². The third kappa shape index (κ3) is 6.28. The number of allylic oxidation sites excluding steroid dienone is 1.